The van der Waals surface area contributed by atoms with E-state index in [1.54, 1.807) is 29.3 Å². The second kappa shape index (κ2) is 6.18. The van der Waals surface area contributed by atoms with Crippen LogP contribution < -0.4 is 10.6 Å². The average Bonchev–Trinajstić information content (AvgIpc) is 2.75. The maximum absolute atomic E-state index is 12.3. The lowest BCUT2D eigenvalue weighted by molar-refractivity contribution is 0.102. The molecule has 20 heavy (non-hydrogen) atoms. The zero-order valence-electron chi connectivity index (χ0n) is 12.0. The van der Waals surface area contributed by atoms with Crippen molar-refractivity contribution >= 4 is 17.3 Å². The lowest BCUT2D eigenvalue weighted by atomic mass is 10.2. The van der Waals surface area contributed by atoms with E-state index < -0.39 is 0 Å². The van der Waals surface area contributed by atoms with E-state index in [0.717, 1.165) is 24.3 Å². The fourth-order valence-corrected chi connectivity index (χ4v) is 1.90. The Bertz CT molecular complexity index is 605. The molecule has 0 aliphatic carbocycles. The first kappa shape index (κ1) is 14.0. The van der Waals surface area contributed by atoms with Crippen LogP contribution in [0.5, 0.6) is 0 Å². The fraction of sp³-hybridized carbons (Fsp3) is 0.357. The van der Waals surface area contributed by atoms with Crippen LogP contribution in [0.3, 0.4) is 0 Å². The van der Waals surface area contributed by atoms with Crippen LogP contribution in [0.25, 0.3) is 0 Å². The highest BCUT2D eigenvalue weighted by Crippen LogP contribution is 2.17. The number of carbonyl (C=O) groups is 1. The molecular weight excluding hydrogens is 254 g/mol. The predicted molar refractivity (Wildman–Crippen MR) is 78.9 cm³/mol. The molecule has 2 aromatic heterocycles. The molecule has 0 fully saturated rings. The third-order valence-corrected chi connectivity index (χ3v) is 2.89. The van der Waals surface area contributed by atoms with Gasteiger partial charge < -0.3 is 10.6 Å². The van der Waals surface area contributed by atoms with Gasteiger partial charge >= 0.3 is 0 Å². The van der Waals surface area contributed by atoms with Gasteiger partial charge in [0.15, 0.2) is 0 Å². The lowest BCUT2D eigenvalue weighted by Gasteiger charge is -2.10. The van der Waals surface area contributed by atoms with Gasteiger partial charge in [0.25, 0.3) is 5.91 Å². The highest BCUT2D eigenvalue weighted by atomic mass is 16.1. The number of nitrogens with one attached hydrogen (secondary N) is 2. The van der Waals surface area contributed by atoms with E-state index in [2.05, 4.69) is 27.6 Å². The number of hydrogen-bond acceptors (Lipinski definition) is 4. The largest absolute Gasteiger partial charge is 0.384 e. The van der Waals surface area contributed by atoms with Gasteiger partial charge in [-0.15, -0.1) is 0 Å². The van der Waals surface area contributed by atoms with Crippen LogP contribution in [0, 0.1) is 6.92 Å². The van der Waals surface area contributed by atoms with E-state index in [1.165, 1.54) is 0 Å². The number of rotatable bonds is 5. The van der Waals surface area contributed by atoms with Gasteiger partial charge in [0.2, 0.25) is 0 Å². The minimum Gasteiger partial charge on any atom is -0.384 e. The van der Waals surface area contributed by atoms with Gasteiger partial charge in [0, 0.05) is 32.2 Å². The topological polar surface area (TPSA) is 71.8 Å². The van der Waals surface area contributed by atoms with Crippen LogP contribution in [0.1, 0.15) is 29.4 Å². The summed E-state index contributed by atoms with van der Waals surface area (Å²) in [5.41, 5.74) is 2.82. The molecule has 0 saturated carbocycles. The monoisotopic (exact) mass is 273 g/mol. The molecule has 0 aliphatic rings. The first-order chi connectivity index (χ1) is 9.61. The number of amides is 1. The molecule has 0 atom stereocenters. The standard InChI is InChI=1S/C14H19N5O/c1-4-6-16-12-5-7-15-8-11(12)14(20)17-13-9-19(3)18-10(13)2/h5,7-9H,4,6H2,1-3H3,(H,15,16)(H,17,20). The van der Waals surface area contributed by atoms with Crippen molar-refractivity contribution in [2.45, 2.75) is 20.3 Å². The Morgan fingerprint density at radius 3 is 2.85 bits per heavy atom. The van der Waals surface area contributed by atoms with Crippen molar-refractivity contribution in [2.75, 3.05) is 17.2 Å². The molecule has 1 amide bonds. The van der Waals surface area contributed by atoms with Gasteiger partial charge in [-0.05, 0) is 19.4 Å². The molecule has 2 rings (SSSR count). The molecule has 0 aromatic carbocycles. The fourth-order valence-electron chi connectivity index (χ4n) is 1.90. The van der Waals surface area contributed by atoms with Gasteiger partial charge in [-0.3, -0.25) is 14.5 Å². The molecule has 2 aromatic rings. The molecular formula is C14H19N5O. The molecule has 6 nitrogen and oxygen atoms in total. The second-order valence-electron chi connectivity index (χ2n) is 4.60. The predicted octanol–water partition coefficient (Wildman–Crippen LogP) is 2.20. The number of carbonyl (C=O) groups excluding carboxylic acids is 1. The summed E-state index contributed by atoms with van der Waals surface area (Å²) in [5, 5.41) is 10.3. The summed E-state index contributed by atoms with van der Waals surface area (Å²) in [6.07, 6.45) is 6.01. The number of nitrogens with zero attached hydrogens (tertiary/aromatic N) is 3. The number of hydrogen-bond donors (Lipinski definition) is 2. The van der Waals surface area contributed by atoms with Crippen molar-refractivity contribution in [3.8, 4) is 0 Å². The van der Waals surface area contributed by atoms with Crippen molar-refractivity contribution < 1.29 is 4.79 Å². The maximum atomic E-state index is 12.3. The van der Waals surface area contributed by atoms with E-state index in [0.29, 0.717) is 11.3 Å². The van der Waals surface area contributed by atoms with E-state index in [9.17, 15) is 4.79 Å². The van der Waals surface area contributed by atoms with E-state index >= 15 is 0 Å². The summed E-state index contributed by atoms with van der Waals surface area (Å²) >= 11 is 0. The van der Waals surface area contributed by atoms with E-state index in [1.807, 2.05) is 14.0 Å². The average molecular weight is 273 g/mol. The molecule has 2 N–H and O–H groups in total. The number of aromatic nitrogens is 3. The Morgan fingerprint density at radius 2 is 2.20 bits per heavy atom. The quantitative estimate of drug-likeness (QED) is 0.876. The van der Waals surface area contributed by atoms with Gasteiger partial charge in [0.1, 0.15) is 0 Å². The third kappa shape index (κ3) is 3.14. The zero-order chi connectivity index (χ0) is 14.5. The normalized spacial score (nSPS) is 10.3. The lowest BCUT2D eigenvalue weighted by Crippen LogP contribution is -2.15. The molecule has 0 unspecified atom stereocenters. The van der Waals surface area contributed by atoms with Crippen LogP contribution in [0.2, 0.25) is 0 Å². The van der Waals surface area contributed by atoms with Crippen molar-refractivity contribution in [1.82, 2.24) is 14.8 Å². The summed E-state index contributed by atoms with van der Waals surface area (Å²) in [4.78, 5) is 16.4. The highest BCUT2D eigenvalue weighted by molar-refractivity contribution is 6.07. The minimum atomic E-state index is -0.187. The van der Waals surface area contributed by atoms with Crippen molar-refractivity contribution in [1.29, 1.82) is 0 Å². The molecule has 0 bridgehead atoms. The molecule has 6 heteroatoms. The van der Waals surface area contributed by atoms with Gasteiger partial charge in [-0.1, -0.05) is 6.92 Å². The van der Waals surface area contributed by atoms with Crippen LogP contribution in [-0.2, 0) is 7.05 Å². The molecule has 0 spiro atoms. The Kier molecular flexibility index (Phi) is 4.34. The summed E-state index contributed by atoms with van der Waals surface area (Å²) in [7, 11) is 1.82. The molecule has 106 valence electrons. The molecule has 0 saturated heterocycles. The second-order valence-corrected chi connectivity index (χ2v) is 4.60. The Hall–Kier alpha value is -2.37. The third-order valence-electron chi connectivity index (χ3n) is 2.89. The van der Waals surface area contributed by atoms with Crippen LogP contribution >= 0.6 is 0 Å². The number of pyridine rings is 1. The van der Waals surface area contributed by atoms with Gasteiger partial charge in [-0.25, -0.2) is 0 Å². The zero-order valence-corrected chi connectivity index (χ0v) is 12.0. The first-order valence-electron chi connectivity index (χ1n) is 6.61. The van der Waals surface area contributed by atoms with Crippen LogP contribution in [-0.4, -0.2) is 27.2 Å². The van der Waals surface area contributed by atoms with Crippen LogP contribution in [0.4, 0.5) is 11.4 Å². The molecule has 2 heterocycles. The summed E-state index contributed by atoms with van der Waals surface area (Å²) in [6.45, 7) is 4.75. The Balaban J connectivity index is 2.18. The van der Waals surface area contributed by atoms with Crippen molar-refractivity contribution in [3.05, 3.63) is 35.9 Å². The van der Waals surface area contributed by atoms with Gasteiger partial charge in [0.05, 0.1) is 22.6 Å². The SMILES string of the molecule is CCCNc1ccncc1C(=O)Nc1cn(C)nc1C. The van der Waals surface area contributed by atoms with Crippen molar-refractivity contribution in [3.63, 3.8) is 0 Å². The smallest absolute Gasteiger partial charge is 0.259 e. The maximum Gasteiger partial charge on any atom is 0.259 e. The summed E-state index contributed by atoms with van der Waals surface area (Å²) in [5.74, 6) is -0.187. The highest BCUT2D eigenvalue weighted by Gasteiger charge is 2.13. The van der Waals surface area contributed by atoms with E-state index in [-0.39, 0.29) is 5.91 Å². The number of aryl methyl sites for hydroxylation is 2. The van der Waals surface area contributed by atoms with Gasteiger partial charge in [-0.2, -0.15) is 5.10 Å². The van der Waals surface area contributed by atoms with Crippen molar-refractivity contribution in [2.24, 2.45) is 7.05 Å². The summed E-state index contributed by atoms with van der Waals surface area (Å²) < 4.78 is 1.67. The number of anilines is 2. The minimum absolute atomic E-state index is 0.187. The summed E-state index contributed by atoms with van der Waals surface area (Å²) in [6, 6.07) is 1.81. The molecule has 0 aliphatic heterocycles. The Labute approximate surface area is 118 Å². The Morgan fingerprint density at radius 1 is 1.40 bits per heavy atom. The van der Waals surface area contributed by atoms with E-state index in [4.69, 9.17) is 0 Å². The molecule has 0 radical (unpaired) electrons. The van der Waals surface area contributed by atoms with Crippen LogP contribution in [0.15, 0.2) is 24.7 Å². The first-order valence-corrected chi connectivity index (χ1v) is 6.61.